The summed E-state index contributed by atoms with van der Waals surface area (Å²) in [5, 5.41) is 11.1. The maximum Gasteiger partial charge on any atom is 0.165 e. The van der Waals surface area contributed by atoms with E-state index in [1.807, 2.05) is 30.3 Å². The highest BCUT2D eigenvalue weighted by Crippen LogP contribution is 2.44. The summed E-state index contributed by atoms with van der Waals surface area (Å²) < 4.78 is 21.7. The van der Waals surface area contributed by atoms with E-state index in [2.05, 4.69) is 15.5 Å². The van der Waals surface area contributed by atoms with Crippen LogP contribution in [0.5, 0.6) is 23.0 Å². The Kier molecular flexibility index (Phi) is 4.73. The average Bonchev–Trinajstić information content (AvgIpc) is 3.29. The van der Waals surface area contributed by atoms with Gasteiger partial charge in [-0.1, -0.05) is 12.1 Å². The molecule has 1 heterocycles. The Morgan fingerprint density at radius 3 is 2.43 bits per heavy atom. The number of hydrogen-bond acceptors (Lipinski definition) is 6. The van der Waals surface area contributed by atoms with Crippen molar-refractivity contribution in [3.63, 3.8) is 0 Å². The molecule has 0 spiro atoms. The summed E-state index contributed by atoms with van der Waals surface area (Å²) in [6.45, 7) is 0.581. The first-order valence-corrected chi connectivity index (χ1v) is 8.96. The minimum atomic E-state index is 0.581. The summed E-state index contributed by atoms with van der Waals surface area (Å²) in [6, 6.07) is 9.84. The highest BCUT2D eigenvalue weighted by molar-refractivity contribution is 5.80. The lowest BCUT2D eigenvalue weighted by Gasteiger charge is -2.13. The van der Waals surface area contributed by atoms with Crippen LogP contribution in [0.3, 0.4) is 0 Å². The van der Waals surface area contributed by atoms with Crippen molar-refractivity contribution >= 4 is 5.82 Å². The number of benzene rings is 2. The molecule has 1 aliphatic carbocycles. The largest absolute Gasteiger partial charge is 0.493 e. The van der Waals surface area contributed by atoms with Crippen molar-refractivity contribution in [2.45, 2.75) is 13.0 Å². The molecule has 0 amide bonds. The predicted molar refractivity (Wildman–Crippen MR) is 107 cm³/mol. The van der Waals surface area contributed by atoms with E-state index >= 15 is 0 Å². The summed E-state index contributed by atoms with van der Waals surface area (Å²) in [4.78, 5) is 0. The molecule has 0 bridgehead atoms. The number of para-hydroxylation sites is 1. The van der Waals surface area contributed by atoms with Gasteiger partial charge < -0.3 is 24.3 Å². The van der Waals surface area contributed by atoms with Crippen LogP contribution in [-0.4, -0.2) is 38.6 Å². The number of hydrogen-bond donors (Lipinski definition) is 2. The van der Waals surface area contributed by atoms with Crippen LogP contribution < -0.4 is 24.3 Å². The van der Waals surface area contributed by atoms with Gasteiger partial charge in [0, 0.05) is 29.7 Å². The molecule has 0 radical (unpaired) electrons. The maximum atomic E-state index is 5.51. The van der Waals surface area contributed by atoms with Crippen molar-refractivity contribution in [1.82, 2.24) is 10.2 Å². The number of methoxy groups -OCH3 is 4. The first-order valence-electron chi connectivity index (χ1n) is 8.96. The van der Waals surface area contributed by atoms with Crippen LogP contribution in [0.1, 0.15) is 16.7 Å². The molecule has 146 valence electrons. The molecule has 0 saturated heterocycles. The van der Waals surface area contributed by atoms with Gasteiger partial charge in [-0.25, -0.2) is 0 Å². The van der Waals surface area contributed by atoms with E-state index in [1.54, 1.807) is 28.4 Å². The summed E-state index contributed by atoms with van der Waals surface area (Å²) in [6.07, 6.45) is 0.777. The zero-order chi connectivity index (χ0) is 19.7. The zero-order valence-electron chi connectivity index (χ0n) is 16.4. The average molecular weight is 381 g/mol. The topological polar surface area (TPSA) is 77.6 Å². The zero-order valence-corrected chi connectivity index (χ0v) is 16.4. The fourth-order valence-electron chi connectivity index (χ4n) is 3.66. The summed E-state index contributed by atoms with van der Waals surface area (Å²) in [7, 11) is 6.56. The number of fused-ring (bicyclic) bond motifs is 3. The Morgan fingerprint density at radius 2 is 1.71 bits per heavy atom. The van der Waals surface area contributed by atoms with Gasteiger partial charge in [0.05, 0.1) is 34.1 Å². The van der Waals surface area contributed by atoms with Crippen LogP contribution in [0.25, 0.3) is 11.3 Å². The number of ether oxygens (including phenoxy) is 4. The number of anilines is 1. The first-order chi connectivity index (χ1) is 13.7. The smallest absolute Gasteiger partial charge is 0.165 e. The Labute approximate surface area is 163 Å². The van der Waals surface area contributed by atoms with Gasteiger partial charge in [0.2, 0.25) is 0 Å². The minimum absolute atomic E-state index is 0.581. The number of nitrogens with one attached hydrogen (secondary N) is 2. The molecular formula is C21H23N3O4. The Morgan fingerprint density at radius 1 is 0.964 bits per heavy atom. The van der Waals surface area contributed by atoms with E-state index in [9.17, 15) is 0 Å². The molecule has 7 heteroatoms. The molecule has 2 N–H and O–H groups in total. The number of nitrogens with zero attached hydrogens (tertiary/aromatic N) is 1. The first kappa shape index (κ1) is 18.0. The fourth-order valence-corrected chi connectivity index (χ4v) is 3.66. The lowest BCUT2D eigenvalue weighted by atomic mass is 10.1. The monoisotopic (exact) mass is 381 g/mol. The SMILES string of the molecule is COc1cc2c(cc1OC)-c1n[nH]c(NCc3cccc(OC)c3OC)c1C2. The summed E-state index contributed by atoms with van der Waals surface area (Å²) in [5.74, 6) is 3.77. The van der Waals surface area contributed by atoms with Crippen LogP contribution in [0.15, 0.2) is 30.3 Å². The molecule has 7 nitrogen and oxygen atoms in total. The van der Waals surface area contributed by atoms with Gasteiger partial charge in [0.1, 0.15) is 5.82 Å². The van der Waals surface area contributed by atoms with E-state index in [0.717, 1.165) is 46.1 Å². The standard InChI is InChI=1S/C21H23N3O4/c1-25-16-7-5-6-12(20(16)28-4)11-22-21-15-8-13-9-17(26-2)18(27-3)10-14(13)19(15)23-24-21/h5-7,9-10H,8,11H2,1-4H3,(H2,22,23,24). The molecule has 28 heavy (non-hydrogen) atoms. The Balaban J connectivity index is 1.60. The highest BCUT2D eigenvalue weighted by atomic mass is 16.5. The molecule has 0 aliphatic heterocycles. The van der Waals surface area contributed by atoms with E-state index < -0.39 is 0 Å². The van der Waals surface area contributed by atoms with E-state index in [0.29, 0.717) is 18.0 Å². The third-order valence-corrected chi connectivity index (χ3v) is 5.04. The second kappa shape index (κ2) is 7.34. The van der Waals surface area contributed by atoms with Crippen LogP contribution in [0, 0.1) is 0 Å². The molecule has 0 unspecified atom stereocenters. The molecule has 0 atom stereocenters. The molecule has 4 rings (SSSR count). The molecule has 1 aromatic heterocycles. The second-order valence-electron chi connectivity index (χ2n) is 6.47. The maximum absolute atomic E-state index is 5.51. The number of H-pyrrole nitrogens is 1. The van der Waals surface area contributed by atoms with Gasteiger partial charge >= 0.3 is 0 Å². The molecule has 0 saturated carbocycles. The molecular weight excluding hydrogens is 358 g/mol. The van der Waals surface area contributed by atoms with E-state index in [4.69, 9.17) is 18.9 Å². The number of rotatable bonds is 7. The Bertz CT molecular complexity index is 1010. The lowest BCUT2D eigenvalue weighted by molar-refractivity contribution is 0.352. The van der Waals surface area contributed by atoms with Crippen LogP contribution in [-0.2, 0) is 13.0 Å². The van der Waals surface area contributed by atoms with E-state index in [-0.39, 0.29) is 0 Å². The van der Waals surface area contributed by atoms with Gasteiger partial charge in [-0.2, -0.15) is 5.10 Å². The quantitative estimate of drug-likeness (QED) is 0.509. The van der Waals surface area contributed by atoms with Gasteiger partial charge in [-0.15, -0.1) is 0 Å². The van der Waals surface area contributed by atoms with E-state index in [1.165, 1.54) is 5.56 Å². The number of aromatic nitrogens is 2. The van der Waals surface area contributed by atoms with Gasteiger partial charge in [-0.05, 0) is 23.8 Å². The third kappa shape index (κ3) is 2.89. The predicted octanol–water partition coefficient (Wildman–Crippen LogP) is 3.63. The fraction of sp³-hybridized carbons (Fsp3) is 0.286. The highest BCUT2D eigenvalue weighted by Gasteiger charge is 2.27. The van der Waals surface area contributed by atoms with Crippen LogP contribution in [0.4, 0.5) is 5.82 Å². The normalized spacial score (nSPS) is 11.6. The van der Waals surface area contributed by atoms with Crippen molar-refractivity contribution in [3.05, 3.63) is 47.0 Å². The van der Waals surface area contributed by atoms with Crippen LogP contribution in [0.2, 0.25) is 0 Å². The summed E-state index contributed by atoms with van der Waals surface area (Å²) >= 11 is 0. The van der Waals surface area contributed by atoms with Crippen molar-refractivity contribution in [3.8, 4) is 34.3 Å². The lowest BCUT2D eigenvalue weighted by Crippen LogP contribution is -2.04. The van der Waals surface area contributed by atoms with Crippen molar-refractivity contribution in [2.24, 2.45) is 0 Å². The Hall–Kier alpha value is -3.35. The molecule has 1 aliphatic rings. The van der Waals surface area contributed by atoms with Gasteiger partial charge in [0.25, 0.3) is 0 Å². The van der Waals surface area contributed by atoms with Gasteiger partial charge in [-0.3, -0.25) is 5.10 Å². The van der Waals surface area contributed by atoms with Gasteiger partial charge in [0.15, 0.2) is 23.0 Å². The van der Waals surface area contributed by atoms with Crippen molar-refractivity contribution in [2.75, 3.05) is 33.8 Å². The molecule has 0 fully saturated rings. The van der Waals surface area contributed by atoms with Crippen molar-refractivity contribution in [1.29, 1.82) is 0 Å². The number of aromatic amines is 1. The van der Waals surface area contributed by atoms with Crippen molar-refractivity contribution < 1.29 is 18.9 Å². The second-order valence-corrected chi connectivity index (χ2v) is 6.47. The third-order valence-electron chi connectivity index (χ3n) is 5.04. The van der Waals surface area contributed by atoms with Crippen LogP contribution >= 0.6 is 0 Å². The minimum Gasteiger partial charge on any atom is -0.493 e. The molecule has 3 aromatic rings. The molecule has 2 aromatic carbocycles. The summed E-state index contributed by atoms with van der Waals surface area (Å²) in [5.41, 5.74) is 5.31.